The molecule has 0 unspecified atom stereocenters. The first kappa shape index (κ1) is 23.8. The molecule has 0 N–H and O–H groups in total. The summed E-state index contributed by atoms with van der Waals surface area (Å²) in [4.78, 5) is 19.3. The summed E-state index contributed by atoms with van der Waals surface area (Å²) in [5, 5.41) is 2.15. The van der Waals surface area contributed by atoms with Gasteiger partial charge in [-0.15, -0.1) is 11.3 Å². The van der Waals surface area contributed by atoms with E-state index in [0.29, 0.717) is 5.69 Å². The number of allylic oxidation sites excluding steroid dienone is 2. The van der Waals surface area contributed by atoms with Gasteiger partial charge in [0.2, 0.25) is 0 Å². The number of aromatic nitrogens is 3. The van der Waals surface area contributed by atoms with Gasteiger partial charge >= 0.3 is 0 Å². The van der Waals surface area contributed by atoms with E-state index in [9.17, 15) is 4.79 Å². The number of rotatable bonds is 6. The molecule has 35 heavy (non-hydrogen) atoms. The van der Waals surface area contributed by atoms with Crippen molar-refractivity contribution >= 4 is 33.0 Å². The Balaban J connectivity index is 1.63. The summed E-state index contributed by atoms with van der Waals surface area (Å²) < 4.78 is 6.90. The minimum atomic E-state index is -0.103. The Morgan fingerprint density at radius 3 is 2.57 bits per heavy atom. The molecule has 2 aromatic heterocycles. The molecule has 1 aliphatic carbocycles. The average Bonchev–Trinajstić information content (AvgIpc) is 3.37. The number of hydrogen-bond acceptors (Lipinski definition) is 3. The van der Waals surface area contributed by atoms with Gasteiger partial charge in [0.05, 0.1) is 17.1 Å². The Hall–Kier alpha value is -2.90. The van der Waals surface area contributed by atoms with Crippen LogP contribution >= 0.6 is 27.3 Å². The van der Waals surface area contributed by atoms with Gasteiger partial charge in [-0.3, -0.25) is 9.48 Å². The zero-order chi connectivity index (χ0) is 24.4. The van der Waals surface area contributed by atoms with Crippen LogP contribution in [0.4, 0.5) is 5.69 Å². The van der Waals surface area contributed by atoms with Gasteiger partial charge in [-0.2, -0.15) is 0 Å². The highest BCUT2D eigenvalue weighted by atomic mass is 79.9. The van der Waals surface area contributed by atoms with Crippen molar-refractivity contribution in [1.82, 2.24) is 13.9 Å². The monoisotopic (exact) mass is 548 g/mol. The van der Waals surface area contributed by atoms with Crippen LogP contribution in [0.25, 0.3) is 16.9 Å². The van der Waals surface area contributed by atoms with Crippen LogP contribution in [0.15, 0.2) is 85.9 Å². The molecule has 0 aliphatic heterocycles. The zero-order valence-corrected chi connectivity index (χ0v) is 22.5. The van der Waals surface area contributed by atoms with E-state index in [1.807, 2.05) is 55.1 Å². The smallest absolute Gasteiger partial charge is 0.297 e. The number of halogens is 1. The molecule has 5 nitrogen and oxygen atoms in total. The highest BCUT2D eigenvalue weighted by Crippen LogP contribution is 2.30. The summed E-state index contributed by atoms with van der Waals surface area (Å²) in [6, 6.07) is 18.0. The van der Waals surface area contributed by atoms with Crippen molar-refractivity contribution in [3.05, 3.63) is 96.9 Å². The van der Waals surface area contributed by atoms with Gasteiger partial charge in [0.15, 0.2) is 10.5 Å². The summed E-state index contributed by atoms with van der Waals surface area (Å²) in [6.07, 6.45) is 8.34. The molecule has 0 spiro atoms. The lowest BCUT2D eigenvalue weighted by molar-refractivity contribution is 0.620. The highest BCUT2D eigenvalue weighted by Gasteiger charge is 2.17. The predicted molar refractivity (Wildman–Crippen MR) is 148 cm³/mol. The van der Waals surface area contributed by atoms with Gasteiger partial charge in [0, 0.05) is 29.0 Å². The van der Waals surface area contributed by atoms with Crippen molar-refractivity contribution in [1.29, 1.82) is 0 Å². The van der Waals surface area contributed by atoms with Crippen LogP contribution in [0.5, 0.6) is 0 Å². The van der Waals surface area contributed by atoms with Crippen LogP contribution in [0.1, 0.15) is 37.8 Å². The quantitative estimate of drug-likeness (QED) is 0.241. The SMILES string of the molecule is Cc1c(N=c2scc(-c3ccccc3Br)n2CCC2=CCCCC2)c(=O)n(-c2ccccc2)n1C. The summed E-state index contributed by atoms with van der Waals surface area (Å²) >= 11 is 5.31. The molecular formula is C28H29BrN4OS. The van der Waals surface area contributed by atoms with Crippen molar-refractivity contribution in [2.45, 2.75) is 45.6 Å². The molecule has 4 aromatic rings. The van der Waals surface area contributed by atoms with Crippen molar-refractivity contribution in [2.75, 3.05) is 0 Å². The molecule has 180 valence electrons. The molecule has 2 heterocycles. The molecule has 0 saturated heterocycles. The van der Waals surface area contributed by atoms with Crippen molar-refractivity contribution in [3.63, 3.8) is 0 Å². The van der Waals surface area contributed by atoms with Gasteiger partial charge in [0.1, 0.15) is 0 Å². The molecule has 0 amide bonds. The van der Waals surface area contributed by atoms with Crippen molar-refractivity contribution in [2.24, 2.45) is 12.0 Å². The number of nitrogens with zero attached hydrogens (tertiary/aromatic N) is 4. The Labute approximate surface area is 217 Å². The lowest BCUT2D eigenvalue weighted by atomic mass is 9.97. The lowest BCUT2D eigenvalue weighted by Crippen LogP contribution is -2.20. The normalized spacial score (nSPS) is 14.4. The third-order valence-corrected chi connectivity index (χ3v) is 8.28. The molecule has 1 aliphatic rings. The number of para-hydroxylation sites is 1. The van der Waals surface area contributed by atoms with E-state index in [2.05, 4.69) is 50.2 Å². The van der Waals surface area contributed by atoms with Crippen LogP contribution in [-0.2, 0) is 13.6 Å². The third kappa shape index (κ3) is 4.80. The average molecular weight is 550 g/mol. The third-order valence-electron chi connectivity index (χ3n) is 6.72. The summed E-state index contributed by atoms with van der Waals surface area (Å²) in [5.74, 6) is 0. The van der Waals surface area contributed by atoms with Gasteiger partial charge in [-0.1, -0.05) is 64.0 Å². The van der Waals surface area contributed by atoms with E-state index in [-0.39, 0.29) is 5.56 Å². The Morgan fingerprint density at radius 1 is 1.06 bits per heavy atom. The van der Waals surface area contributed by atoms with Gasteiger partial charge in [-0.25, -0.2) is 9.67 Å². The molecule has 0 saturated carbocycles. The first-order valence-corrected chi connectivity index (χ1v) is 13.7. The fourth-order valence-electron chi connectivity index (χ4n) is 4.69. The first-order valence-electron chi connectivity index (χ1n) is 12.0. The van der Waals surface area contributed by atoms with E-state index in [1.165, 1.54) is 31.3 Å². The van der Waals surface area contributed by atoms with Crippen LogP contribution in [-0.4, -0.2) is 13.9 Å². The second-order valence-electron chi connectivity index (χ2n) is 8.92. The topological polar surface area (TPSA) is 44.2 Å². The molecule has 2 aromatic carbocycles. The second-order valence-corrected chi connectivity index (χ2v) is 10.6. The number of hydrogen-bond donors (Lipinski definition) is 0. The van der Waals surface area contributed by atoms with E-state index >= 15 is 0 Å². The fourth-order valence-corrected chi connectivity index (χ4v) is 6.11. The minimum absolute atomic E-state index is 0.103. The maximum Gasteiger partial charge on any atom is 0.297 e. The number of thiazole rings is 1. The molecule has 5 rings (SSSR count). The Morgan fingerprint density at radius 2 is 1.83 bits per heavy atom. The Kier molecular flexibility index (Phi) is 7.07. The fraction of sp³-hybridized carbons (Fsp3) is 0.286. The predicted octanol–water partition coefficient (Wildman–Crippen LogP) is 6.90. The summed E-state index contributed by atoms with van der Waals surface area (Å²) in [5.41, 5.74) is 5.85. The van der Waals surface area contributed by atoms with Crippen LogP contribution in [0, 0.1) is 6.92 Å². The molecule has 0 radical (unpaired) electrons. The van der Waals surface area contributed by atoms with E-state index in [4.69, 9.17) is 4.99 Å². The van der Waals surface area contributed by atoms with Gasteiger partial charge in [-0.05, 0) is 57.2 Å². The zero-order valence-electron chi connectivity index (χ0n) is 20.1. The maximum atomic E-state index is 13.5. The summed E-state index contributed by atoms with van der Waals surface area (Å²) in [6.45, 7) is 2.79. The molecule has 7 heteroatoms. The lowest BCUT2D eigenvalue weighted by Gasteiger charge is -2.15. The number of benzene rings is 2. The molecule has 0 bridgehead atoms. The highest BCUT2D eigenvalue weighted by molar-refractivity contribution is 9.10. The molecular weight excluding hydrogens is 520 g/mol. The van der Waals surface area contributed by atoms with E-state index in [1.54, 1.807) is 16.0 Å². The molecule has 0 atom stereocenters. The van der Waals surface area contributed by atoms with Crippen LogP contribution < -0.4 is 10.4 Å². The first-order chi connectivity index (χ1) is 17.0. The largest absolute Gasteiger partial charge is 0.316 e. The van der Waals surface area contributed by atoms with E-state index in [0.717, 1.165) is 44.9 Å². The maximum absolute atomic E-state index is 13.5. The minimum Gasteiger partial charge on any atom is -0.316 e. The molecule has 0 fully saturated rings. The standard InChI is InChI=1S/C28H29BrN4OS/c1-20-26(27(34)33(31(20)2)22-13-7-4-8-14-22)30-28-32(18-17-21-11-5-3-6-12-21)25(19-35-28)23-15-9-10-16-24(23)29/h4,7-11,13-16,19H,3,5-6,12,17-18H2,1-2H3. The van der Waals surface area contributed by atoms with Crippen molar-refractivity contribution < 1.29 is 0 Å². The van der Waals surface area contributed by atoms with Crippen LogP contribution in [0.2, 0.25) is 0 Å². The second kappa shape index (κ2) is 10.4. The van der Waals surface area contributed by atoms with Gasteiger partial charge < -0.3 is 4.57 Å². The van der Waals surface area contributed by atoms with Crippen molar-refractivity contribution in [3.8, 4) is 16.9 Å². The Bertz CT molecular complexity index is 1500. The summed E-state index contributed by atoms with van der Waals surface area (Å²) in [7, 11) is 1.91. The van der Waals surface area contributed by atoms with Crippen LogP contribution in [0.3, 0.4) is 0 Å². The van der Waals surface area contributed by atoms with E-state index < -0.39 is 0 Å². The van der Waals surface area contributed by atoms with Gasteiger partial charge in [0.25, 0.3) is 5.56 Å².